The number of hydrogen-bond acceptors (Lipinski definition) is 6. The molecule has 0 unspecified atom stereocenters. The zero-order chi connectivity index (χ0) is 21.6. The highest BCUT2D eigenvalue weighted by molar-refractivity contribution is 7.89. The molecule has 2 aliphatic rings. The van der Waals surface area contributed by atoms with Crippen molar-refractivity contribution >= 4 is 21.0 Å². The first-order valence-corrected chi connectivity index (χ1v) is 11.9. The van der Waals surface area contributed by atoms with Gasteiger partial charge in [0, 0.05) is 50.2 Å². The van der Waals surface area contributed by atoms with Gasteiger partial charge >= 0.3 is 5.63 Å². The number of benzene rings is 2. The topological polar surface area (TPSA) is 91.1 Å². The first-order valence-electron chi connectivity index (χ1n) is 10.5. The molecule has 0 radical (unpaired) electrons. The summed E-state index contributed by atoms with van der Waals surface area (Å²) in [6.07, 6.45) is 3.06. The summed E-state index contributed by atoms with van der Waals surface area (Å²) in [5.41, 5.74) is 3.10. The molecule has 1 saturated heterocycles. The number of fused-ring (bicyclic) bond motifs is 2. The average molecular weight is 441 g/mol. The number of sulfonamides is 1. The molecule has 31 heavy (non-hydrogen) atoms. The highest BCUT2D eigenvalue weighted by atomic mass is 32.2. The second kappa shape index (κ2) is 7.78. The van der Waals surface area contributed by atoms with Crippen LogP contribution in [0.3, 0.4) is 0 Å². The van der Waals surface area contributed by atoms with Crippen LogP contribution in [0.2, 0.25) is 0 Å². The Balaban J connectivity index is 1.31. The van der Waals surface area contributed by atoms with Crippen molar-refractivity contribution in [1.29, 1.82) is 0 Å². The summed E-state index contributed by atoms with van der Waals surface area (Å²) in [5.74, 6) is 0.0400. The number of aromatic hydroxyl groups is 1. The average Bonchev–Trinajstić information content (AvgIpc) is 3.21. The third kappa shape index (κ3) is 3.86. The number of rotatable bonds is 4. The second-order valence-corrected chi connectivity index (χ2v) is 10.2. The van der Waals surface area contributed by atoms with Crippen molar-refractivity contribution < 1.29 is 17.9 Å². The molecule has 0 bridgehead atoms. The Morgan fingerprint density at radius 1 is 0.935 bits per heavy atom. The quantitative estimate of drug-likeness (QED) is 0.627. The van der Waals surface area contributed by atoms with Gasteiger partial charge in [-0.2, -0.15) is 4.31 Å². The summed E-state index contributed by atoms with van der Waals surface area (Å²) in [7, 11) is -3.51. The molecule has 1 aliphatic heterocycles. The van der Waals surface area contributed by atoms with Crippen molar-refractivity contribution in [2.45, 2.75) is 30.7 Å². The minimum atomic E-state index is -3.51. The molecule has 7 nitrogen and oxygen atoms in total. The SMILES string of the molecule is O=c1cc(CN2CCN(S(=O)(=O)c3ccc4c(c3)CCC4)CC2)c2ccc(O)cc2o1. The standard InChI is InChI=1S/C23H24N2O5S/c26-19-5-7-21-18(13-23(27)30-22(21)14-19)15-24-8-10-25(11-9-24)31(28,29)20-6-4-16-2-1-3-17(16)12-20/h4-7,12-14,26H,1-3,8-11,15H2. The smallest absolute Gasteiger partial charge is 0.336 e. The molecule has 0 atom stereocenters. The lowest BCUT2D eigenvalue weighted by Gasteiger charge is -2.34. The molecule has 1 aliphatic carbocycles. The Morgan fingerprint density at radius 3 is 2.52 bits per heavy atom. The summed E-state index contributed by atoms with van der Waals surface area (Å²) in [6, 6.07) is 11.7. The van der Waals surface area contributed by atoms with Crippen LogP contribution in [0.15, 0.2) is 56.6 Å². The zero-order valence-electron chi connectivity index (χ0n) is 17.1. The lowest BCUT2D eigenvalue weighted by molar-refractivity contribution is 0.182. The van der Waals surface area contributed by atoms with Crippen molar-refractivity contribution in [1.82, 2.24) is 9.21 Å². The van der Waals surface area contributed by atoms with Crippen molar-refractivity contribution in [3.05, 3.63) is 69.6 Å². The van der Waals surface area contributed by atoms with E-state index in [1.165, 1.54) is 17.7 Å². The molecule has 0 spiro atoms. The predicted octanol–water partition coefficient (Wildman–Crippen LogP) is 2.49. The molecule has 5 rings (SSSR count). The van der Waals surface area contributed by atoms with E-state index in [4.69, 9.17) is 4.42 Å². The molecule has 1 N–H and O–H groups in total. The van der Waals surface area contributed by atoms with E-state index in [0.29, 0.717) is 43.2 Å². The molecule has 2 aromatic carbocycles. The molecular weight excluding hydrogens is 416 g/mol. The van der Waals surface area contributed by atoms with Crippen LogP contribution in [0, 0.1) is 0 Å². The lowest BCUT2D eigenvalue weighted by Crippen LogP contribution is -2.48. The van der Waals surface area contributed by atoms with E-state index < -0.39 is 15.6 Å². The normalized spacial score (nSPS) is 17.8. The lowest BCUT2D eigenvalue weighted by atomic mass is 10.1. The van der Waals surface area contributed by atoms with Gasteiger partial charge in [-0.15, -0.1) is 0 Å². The van der Waals surface area contributed by atoms with Crippen LogP contribution in [0.5, 0.6) is 5.75 Å². The number of nitrogens with zero attached hydrogens (tertiary/aromatic N) is 2. The molecule has 3 aromatic rings. The second-order valence-electron chi connectivity index (χ2n) is 8.24. The highest BCUT2D eigenvalue weighted by Gasteiger charge is 2.29. The first kappa shape index (κ1) is 20.2. The summed E-state index contributed by atoms with van der Waals surface area (Å²) in [5, 5.41) is 10.4. The van der Waals surface area contributed by atoms with Crippen LogP contribution in [0.1, 0.15) is 23.1 Å². The molecule has 2 heterocycles. The maximum Gasteiger partial charge on any atom is 0.336 e. The van der Waals surface area contributed by atoms with Crippen LogP contribution in [0.25, 0.3) is 11.0 Å². The van der Waals surface area contributed by atoms with E-state index in [0.717, 1.165) is 35.8 Å². The Hall–Kier alpha value is -2.68. The number of aryl methyl sites for hydroxylation is 2. The van der Waals surface area contributed by atoms with Gasteiger partial charge in [-0.25, -0.2) is 13.2 Å². The monoisotopic (exact) mass is 440 g/mol. The van der Waals surface area contributed by atoms with Gasteiger partial charge in [0.05, 0.1) is 4.90 Å². The third-order valence-electron chi connectivity index (χ3n) is 6.25. The largest absolute Gasteiger partial charge is 0.508 e. The van der Waals surface area contributed by atoms with Gasteiger partial charge in [0.15, 0.2) is 0 Å². The van der Waals surface area contributed by atoms with E-state index in [9.17, 15) is 18.3 Å². The van der Waals surface area contributed by atoms with Gasteiger partial charge in [-0.05, 0) is 60.2 Å². The van der Waals surface area contributed by atoms with E-state index in [1.54, 1.807) is 22.5 Å². The minimum absolute atomic E-state index is 0.0400. The van der Waals surface area contributed by atoms with Crippen LogP contribution in [-0.4, -0.2) is 48.9 Å². The minimum Gasteiger partial charge on any atom is -0.508 e. The number of phenolic OH excluding ortho intramolecular Hbond substituents is 1. The Morgan fingerprint density at radius 2 is 1.71 bits per heavy atom. The molecule has 1 fully saturated rings. The highest BCUT2D eigenvalue weighted by Crippen LogP contribution is 2.27. The number of hydrogen-bond donors (Lipinski definition) is 1. The number of piperazine rings is 1. The molecular formula is C23H24N2O5S. The maximum absolute atomic E-state index is 13.1. The van der Waals surface area contributed by atoms with Gasteiger partial charge in [0.25, 0.3) is 0 Å². The van der Waals surface area contributed by atoms with Gasteiger partial charge in [-0.3, -0.25) is 4.90 Å². The zero-order valence-corrected chi connectivity index (χ0v) is 17.9. The van der Waals surface area contributed by atoms with E-state index in [1.807, 2.05) is 12.1 Å². The molecule has 162 valence electrons. The molecule has 8 heteroatoms. The Kier molecular flexibility index (Phi) is 5.08. The van der Waals surface area contributed by atoms with Crippen LogP contribution in [-0.2, 0) is 29.4 Å². The van der Waals surface area contributed by atoms with Crippen LogP contribution < -0.4 is 5.63 Å². The van der Waals surface area contributed by atoms with E-state index >= 15 is 0 Å². The predicted molar refractivity (Wildman–Crippen MR) is 117 cm³/mol. The fraction of sp³-hybridized carbons (Fsp3) is 0.348. The van der Waals surface area contributed by atoms with E-state index in [2.05, 4.69) is 4.90 Å². The van der Waals surface area contributed by atoms with Crippen LogP contribution >= 0.6 is 0 Å². The summed E-state index contributed by atoms with van der Waals surface area (Å²) >= 11 is 0. The van der Waals surface area contributed by atoms with Crippen LogP contribution in [0.4, 0.5) is 0 Å². The van der Waals surface area contributed by atoms with Crippen molar-refractivity contribution in [2.24, 2.45) is 0 Å². The Labute approximate surface area is 180 Å². The Bertz CT molecular complexity index is 1310. The first-order chi connectivity index (χ1) is 14.9. The third-order valence-corrected chi connectivity index (χ3v) is 8.14. The summed E-state index contributed by atoms with van der Waals surface area (Å²) in [4.78, 5) is 14.4. The summed E-state index contributed by atoms with van der Waals surface area (Å²) in [6.45, 7) is 2.46. The van der Waals surface area contributed by atoms with E-state index in [-0.39, 0.29) is 5.75 Å². The van der Waals surface area contributed by atoms with Crippen molar-refractivity contribution in [3.63, 3.8) is 0 Å². The van der Waals surface area contributed by atoms with Gasteiger partial charge in [0.1, 0.15) is 11.3 Å². The summed E-state index contributed by atoms with van der Waals surface area (Å²) < 4.78 is 33.0. The number of phenols is 1. The van der Waals surface area contributed by atoms with Crippen molar-refractivity contribution in [2.75, 3.05) is 26.2 Å². The maximum atomic E-state index is 13.1. The van der Waals surface area contributed by atoms with Gasteiger partial charge in [0.2, 0.25) is 10.0 Å². The molecule has 0 saturated carbocycles. The fourth-order valence-corrected chi connectivity index (χ4v) is 6.05. The molecule has 0 amide bonds. The molecule has 1 aromatic heterocycles. The van der Waals surface area contributed by atoms with Gasteiger partial charge in [-0.1, -0.05) is 6.07 Å². The van der Waals surface area contributed by atoms with Crippen molar-refractivity contribution in [3.8, 4) is 5.75 Å². The fourth-order valence-electron chi connectivity index (χ4n) is 4.58. The van der Waals surface area contributed by atoms with Gasteiger partial charge < -0.3 is 9.52 Å².